The van der Waals surface area contributed by atoms with Crippen molar-refractivity contribution in [3.8, 4) is 5.75 Å². The molecule has 1 fully saturated rings. The molecule has 4 rings (SSSR count). The molecule has 3 aromatic rings. The monoisotopic (exact) mass is 410 g/mol. The summed E-state index contributed by atoms with van der Waals surface area (Å²) in [5.74, 6) is 1.83. The smallest absolute Gasteiger partial charge is 0.122 e. The minimum Gasteiger partial charge on any atom is -0.491 e. The Balaban J connectivity index is 1.26. The first-order valence-electron chi connectivity index (χ1n) is 10.6. The minimum absolute atomic E-state index is 0.335. The van der Waals surface area contributed by atoms with E-state index in [9.17, 15) is 5.11 Å². The molecule has 5 heteroatoms. The zero-order valence-corrected chi connectivity index (χ0v) is 18.1. The van der Waals surface area contributed by atoms with Gasteiger partial charge in [0.15, 0.2) is 0 Å². The number of nitrogens with zero attached hydrogens (tertiary/aromatic N) is 2. The van der Waals surface area contributed by atoms with Crippen LogP contribution in [0.3, 0.4) is 0 Å². The molecule has 1 aliphatic rings. The van der Waals surface area contributed by atoms with E-state index in [1.54, 1.807) is 0 Å². The van der Waals surface area contributed by atoms with Crippen molar-refractivity contribution in [3.05, 3.63) is 59.1 Å². The van der Waals surface area contributed by atoms with Crippen molar-refractivity contribution in [2.24, 2.45) is 0 Å². The normalized spacial score (nSPS) is 17.1. The Morgan fingerprint density at radius 1 is 1.10 bits per heavy atom. The lowest BCUT2D eigenvalue weighted by Gasteiger charge is -2.32. The van der Waals surface area contributed by atoms with Gasteiger partial charge in [-0.25, -0.2) is 4.98 Å². The zero-order valence-electron chi connectivity index (χ0n) is 17.3. The van der Waals surface area contributed by atoms with Crippen LogP contribution < -0.4 is 4.74 Å². The van der Waals surface area contributed by atoms with Crippen molar-refractivity contribution in [3.63, 3.8) is 0 Å². The SMILES string of the molecule is CC(C)c1ccccc1OCC(O)CN1CCC(c2nc3ccccc3s2)CC1. The number of hydrogen-bond donors (Lipinski definition) is 1. The Hall–Kier alpha value is -1.95. The second-order valence-corrected chi connectivity index (χ2v) is 9.31. The van der Waals surface area contributed by atoms with Gasteiger partial charge in [0.05, 0.1) is 15.2 Å². The van der Waals surface area contributed by atoms with Gasteiger partial charge in [-0.2, -0.15) is 0 Å². The van der Waals surface area contributed by atoms with E-state index >= 15 is 0 Å². The average Bonchev–Trinajstić information content (AvgIpc) is 3.17. The molecule has 0 bridgehead atoms. The third-order valence-corrected chi connectivity index (χ3v) is 6.89. The van der Waals surface area contributed by atoms with Gasteiger partial charge in [0, 0.05) is 12.5 Å². The van der Waals surface area contributed by atoms with Crippen LogP contribution in [0, 0.1) is 0 Å². The molecule has 0 radical (unpaired) electrons. The summed E-state index contributed by atoms with van der Waals surface area (Å²) in [4.78, 5) is 7.19. The van der Waals surface area contributed by atoms with Crippen molar-refractivity contribution in [2.75, 3.05) is 26.2 Å². The van der Waals surface area contributed by atoms with E-state index in [1.165, 1.54) is 15.3 Å². The van der Waals surface area contributed by atoms with Gasteiger partial charge in [0.2, 0.25) is 0 Å². The van der Waals surface area contributed by atoms with E-state index in [0.717, 1.165) is 37.2 Å². The summed E-state index contributed by atoms with van der Waals surface area (Å²) in [5.41, 5.74) is 2.31. The van der Waals surface area contributed by atoms with Crippen molar-refractivity contribution in [1.82, 2.24) is 9.88 Å². The summed E-state index contributed by atoms with van der Waals surface area (Å²) in [5, 5.41) is 11.8. The number of rotatable bonds is 7. The molecule has 1 N–H and O–H groups in total. The Kier molecular flexibility index (Phi) is 6.48. The molecule has 1 unspecified atom stereocenters. The van der Waals surface area contributed by atoms with Crippen LogP contribution in [0.5, 0.6) is 5.75 Å². The van der Waals surface area contributed by atoms with Gasteiger partial charge in [-0.15, -0.1) is 11.3 Å². The summed E-state index contributed by atoms with van der Waals surface area (Å²) < 4.78 is 7.22. The number of piperidine rings is 1. The number of ether oxygens (including phenoxy) is 1. The van der Waals surface area contributed by atoms with Crippen molar-refractivity contribution < 1.29 is 9.84 Å². The number of aromatic nitrogens is 1. The summed E-state index contributed by atoms with van der Waals surface area (Å²) in [7, 11) is 0. The van der Waals surface area contributed by atoms with E-state index in [2.05, 4.69) is 49.1 Å². The summed E-state index contributed by atoms with van der Waals surface area (Å²) in [6.45, 7) is 7.32. The van der Waals surface area contributed by atoms with Gasteiger partial charge < -0.3 is 14.7 Å². The van der Waals surface area contributed by atoms with E-state index in [1.807, 2.05) is 29.5 Å². The molecule has 0 spiro atoms. The van der Waals surface area contributed by atoms with Gasteiger partial charge in [0.25, 0.3) is 0 Å². The van der Waals surface area contributed by atoms with Gasteiger partial charge in [-0.3, -0.25) is 0 Å². The lowest BCUT2D eigenvalue weighted by atomic mass is 9.97. The second-order valence-electron chi connectivity index (χ2n) is 8.25. The molecule has 29 heavy (non-hydrogen) atoms. The highest BCUT2D eigenvalue weighted by molar-refractivity contribution is 7.18. The quantitative estimate of drug-likeness (QED) is 0.593. The maximum Gasteiger partial charge on any atom is 0.122 e. The third-order valence-electron chi connectivity index (χ3n) is 5.69. The van der Waals surface area contributed by atoms with Crippen molar-refractivity contribution in [1.29, 1.82) is 0 Å². The molecule has 1 atom stereocenters. The molecule has 0 aliphatic carbocycles. The molecular weight excluding hydrogens is 380 g/mol. The molecule has 2 heterocycles. The molecule has 0 saturated carbocycles. The van der Waals surface area contributed by atoms with Crippen LogP contribution in [0.1, 0.15) is 49.1 Å². The summed E-state index contributed by atoms with van der Waals surface area (Å²) in [6.07, 6.45) is 1.72. The van der Waals surface area contributed by atoms with Gasteiger partial charge in [-0.05, 0) is 55.6 Å². The van der Waals surface area contributed by atoms with E-state index in [4.69, 9.17) is 9.72 Å². The van der Waals surface area contributed by atoms with Crippen molar-refractivity contribution >= 4 is 21.6 Å². The van der Waals surface area contributed by atoms with E-state index in [-0.39, 0.29) is 0 Å². The Labute approximate surface area is 177 Å². The highest BCUT2D eigenvalue weighted by atomic mass is 32.1. The molecule has 1 saturated heterocycles. The van der Waals surface area contributed by atoms with Crippen LogP contribution in [0.4, 0.5) is 0 Å². The number of β-amino-alcohol motifs (C(OH)–C–C–N with tert-alkyl or cyclic N) is 1. The Morgan fingerprint density at radius 2 is 1.83 bits per heavy atom. The number of benzene rings is 2. The highest BCUT2D eigenvalue weighted by Gasteiger charge is 2.24. The molecule has 2 aromatic carbocycles. The Bertz CT molecular complexity index is 898. The summed E-state index contributed by atoms with van der Waals surface area (Å²) in [6, 6.07) is 16.5. The molecule has 4 nitrogen and oxygen atoms in total. The minimum atomic E-state index is -0.478. The number of para-hydroxylation sites is 2. The predicted molar refractivity (Wildman–Crippen MR) is 120 cm³/mol. The largest absolute Gasteiger partial charge is 0.491 e. The standard InChI is InChI=1S/C24H30N2O2S/c1-17(2)20-7-3-5-9-22(20)28-16-19(27)15-26-13-11-18(12-14-26)24-25-21-8-4-6-10-23(21)29-24/h3-10,17-19,27H,11-16H2,1-2H3. The number of aliphatic hydroxyl groups is 1. The first-order valence-corrected chi connectivity index (χ1v) is 11.4. The lowest BCUT2D eigenvalue weighted by Crippen LogP contribution is -2.40. The van der Waals surface area contributed by atoms with Gasteiger partial charge in [-0.1, -0.05) is 44.2 Å². The zero-order chi connectivity index (χ0) is 20.2. The molecule has 1 aromatic heterocycles. The van der Waals surface area contributed by atoms with Crippen LogP contribution in [0.15, 0.2) is 48.5 Å². The van der Waals surface area contributed by atoms with E-state index < -0.39 is 6.10 Å². The first-order chi connectivity index (χ1) is 14.1. The number of likely N-dealkylation sites (tertiary alicyclic amines) is 1. The number of hydrogen-bond acceptors (Lipinski definition) is 5. The maximum atomic E-state index is 10.5. The molecule has 0 amide bonds. The molecular formula is C24H30N2O2S. The second kappa shape index (κ2) is 9.24. The fourth-order valence-electron chi connectivity index (χ4n) is 4.05. The number of aliphatic hydroxyl groups excluding tert-OH is 1. The Morgan fingerprint density at radius 3 is 2.59 bits per heavy atom. The molecule has 1 aliphatic heterocycles. The predicted octanol–water partition coefficient (Wildman–Crippen LogP) is 5.04. The average molecular weight is 411 g/mol. The fraction of sp³-hybridized carbons (Fsp3) is 0.458. The van der Waals surface area contributed by atoms with Crippen LogP contribution in [0.2, 0.25) is 0 Å². The fourth-order valence-corrected chi connectivity index (χ4v) is 5.19. The third kappa shape index (κ3) is 4.97. The van der Waals surface area contributed by atoms with Crippen LogP contribution in [-0.2, 0) is 0 Å². The van der Waals surface area contributed by atoms with Gasteiger partial charge >= 0.3 is 0 Å². The van der Waals surface area contributed by atoms with Crippen LogP contribution in [-0.4, -0.2) is 47.3 Å². The van der Waals surface area contributed by atoms with Crippen molar-refractivity contribution in [2.45, 2.75) is 44.6 Å². The number of fused-ring (bicyclic) bond motifs is 1. The highest BCUT2D eigenvalue weighted by Crippen LogP contribution is 2.33. The maximum absolute atomic E-state index is 10.5. The van der Waals surface area contributed by atoms with Crippen LogP contribution >= 0.6 is 11.3 Å². The molecule has 154 valence electrons. The van der Waals surface area contributed by atoms with Gasteiger partial charge in [0.1, 0.15) is 18.5 Å². The van der Waals surface area contributed by atoms with E-state index in [0.29, 0.717) is 25.0 Å². The van der Waals surface area contributed by atoms with Crippen LogP contribution in [0.25, 0.3) is 10.2 Å². The first kappa shape index (κ1) is 20.3. The topological polar surface area (TPSA) is 45.6 Å². The summed E-state index contributed by atoms with van der Waals surface area (Å²) >= 11 is 1.83. The lowest BCUT2D eigenvalue weighted by molar-refractivity contribution is 0.0590. The number of thiazole rings is 1.